The van der Waals surface area contributed by atoms with Crippen LogP contribution in [0.2, 0.25) is 0 Å². The van der Waals surface area contributed by atoms with Crippen LogP contribution < -0.4 is 0 Å². The first kappa shape index (κ1) is 13.6. The first-order valence-corrected chi connectivity index (χ1v) is 5.04. The molecule has 0 saturated heterocycles. The predicted molar refractivity (Wildman–Crippen MR) is 57.8 cm³/mol. The van der Waals surface area contributed by atoms with Gasteiger partial charge in [0.05, 0.1) is 23.0 Å². The molecule has 4 heteroatoms. The summed E-state index contributed by atoms with van der Waals surface area (Å²) in [5, 5.41) is 17.7. The average Bonchev–Trinajstić information content (AvgIpc) is 2.02. The number of halogens is 2. The van der Waals surface area contributed by atoms with Gasteiger partial charge in [-0.15, -0.1) is 0 Å². The van der Waals surface area contributed by atoms with Crippen LogP contribution in [0.15, 0.2) is 0 Å². The van der Waals surface area contributed by atoms with E-state index in [4.69, 9.17) is 33.7 Å². The summed E-state index contributed by atoms with van der Waals surface area (Å²) in [5.41, 5.74) is -1.50. The van der Waals surface area contributed by atoms with Crippen LogP contribution in [0.1, 0.15) is 34.1 Å². The average molecular weight is 233 g/mol. The van der Waals surface area contributed by atoms with E-state index in [9.17, 15) is 0 Å². The Labute approximate surface area is 95.4 Å². The molecule has 2 nitrogen and oxygen atoms in total. The van der Waals surface area contributed by atoms with Gasteiger partial charge in [0.2, 0.25) is 0 Å². The molecule has 0 aromatic heterocycles. The van der Waals surface area contributed by atoms with E-state index in [1.54, 1.807) is 27.7 Å². The first-order chi connectivity index (χ1) is 6.08. The van der Waals surface area contributed by atoms with Gasteiger partial charge in [0, 0.05) is 0 Å². The van der Waals surface area contributed by atoms with Gasteiger partial charge in [-0.2, -0.15) is 10.5 Å². The third-order valence-corrected chi connectivity index (χ3v) is 3.37. The molecular weight excluding hydrogens is 219 g/mol. The quantitative estimate of drug-likeness (QED) is 0.698. The summed E-state index contributed by atoms with van der Waals surface area (Å²) >= 11 is 12.2. The normalized spacial score (nSPS) is 13.1. The van der Waals surface area contributed by atoms with Crippen LogP contribution in [-0.4, -0.2) is 4.33 Å². The maximum absolute atomic E-state index is 8.90. The summed E-state index contributed by atoms with van der Waals surface area (Å²) in [7, 11) is 0. The molecule has 0 radical (unpaired) electrons. The van der Waals surface area contributed by atoms with Gasteiger partial charge in [-0.25, -0.2) is 0 Å². The Morgan fingerprint density at radius 3 is 1.71 bits per heavy atom. The van der Waals surface area contributed by atoms with Crippen LogP contribution >= 0.6 is 23.2 Å². The van der Waals surface area contributed by atoms with Crippen molar-refractivity contribution in [3.05, 3.63) is 0 Å². The highest BCUT2D eigenvalue weighted by molar-refractivity contribution is 6.49. The zero-order chi connectivity index (χ0) is 11.6. The van der Waals surface area contributed by atoms with Crippen LogP contribution in [0.5, 0.6) is 0 Å². The standard InChI is InChI=1S/C10H14Cl2N2/c1-8(2,6-13)5-10(11,12)9(3,4)7-14/h5H2,1-4H3. The minimum Gasteiger partial charge on any atom is -0.198 e. The molecule has 78 valence electrons. The van der Waals surface area contributed by atoms with Crippen molar-refractivity contribution >= 4 is 23.2 Å². The molecule has 14 heavy (non-hydrogen) atoms. The summed E-state index contributed by atoms with van der Waals surface area (Å²) in [6.45, 7) is 6.83. The van der Waals surface area contributed by atoms with Crippen molar-refractivity contribution in [1.29, 1.82) is 10.5 Å². The molecule has 0 spiro atoms. The Hall–Kier alpha value is -0.440. The Balaban J connectivity index is 4.87. The van der Waals surface area contributed by atoms with E-state index in [-0.39, 0.29) is 6.42 Å². The molecule has 0 heterocycles. The maximum Gasteiger partial charge on any atom is 0.137 e. The van der Waals surface area contributed by atoms with Gasteiger partial charge in [-0.1, -0.05) is 23.2 Å². The smallest absolute Gasteiger partial charge is 0.137 e. The SMILES string of the molecule is CC(C)(C#N)CC(Cl)(Cl)C(C)(C)C#N. The van der Waals surface area contributed by atoms with Crippen LogP contribution in [0.25, 0.3) is 0 Å². The molecule has 0 amide bonds. The van der Waals surface area contributed by atoms with Gasteiger partial charge in [0.1, 0.15) is 4.33 Å². The van der Waals surface area contributed by atoms with Gasteiger partial charge in [-0.3, -0.25) is 0 Å². The van der Waals surface area contributed by atoms with E-state index >= 15 is 0 Å². The van der Waals surface area contributed by atoms with Crippen LogP contribution in [0.4, 0.5) is 0 Å². The number of alkyl halides is 2. The largest absolute Gasteiger partial charge is 0.198 e. The highest BCUT2D eigenvalue weighted by atomic mass is 35.5. The summed E-state index contributed by atoms with van der Waals surface area (Å²) in [4.78, 5) is 0. The summed E-state index contributed by atoms with van der Waals surface area (Å²) in [6.07, 6.45) is 0.264. The van der Waals surface area contributed by atoms with Crippen molar-refractivity contribution in [2.45, 2.75) is 38.4 Å². The zero-order valence-electron chi connectivity index (χ0n) is 8.86. The number of nitrogens with zero attached hydrogens (tertiary/aromatic N) is 2. The number of rotatable bonds is 3. The van der Waals surface area contributed by atoms with Crippen molar-refractivity contribution in [2.24, 2.45) is 10.8 Å². The molecule has 0 rings (SSSR count). The van der Waals surface area contributed by atoms with E-state index in [1.807, 2.05) is 0 Å². The van der Waals surface area contributed by atoms with Gasteiger partial charge in [0.15, 0.2) is 0 Å². The lowest BCUT2D eigenvalue weighted by Crippen LogP contribution is -2.37. The third-order valence-electron chi connectivity index (χ3n) is 2.16. The van der Waals surface area contributed by atoms with E-state index in [0.29, 0.717) is 0 Å². The highest BCUT2D eigenvalue weighted by Crippen LogP contribution is 2.47. The van der Waals surface area contributed by atoms with Gasteiger partial charge < -0.3 is 0 Å². The molecule has 0 bridgehead atoms. The number of hydrogen-bond acceptors (Lipinski definition) is 2. The van der Waals surface area contributed by atoms with E-state index in [0.717, 1.165) is 0 Å². The van der Waals surface area contributed by atoms with E-state index in [2.05, 4.69) is 12.1 Å². The fraction of sp³-hybridized carbons (Fsp3) is 0.800. The fourth-order valence-electron chi connectivity index (χ4n) is 0.897. The van der Waals surface area contributed by atoms with Gasteiger partial charge in [0.25, 0.3) is 0 Å². The lowest BCUT2D eigenvalue weighted by atomic mass is 9.79. The van der Waals surface area contributed by atoms with Crippen molar-refractivity contribution < 1.29 is 0 Å². The molecule has 0 unspecified atom stereocenters. The monoisotopic (exact) mass is 232 g/mol. The number of nitriles is 2. The zero-order valence-corrected chi connectivity index (χ0v) is 10.4. The topological polar surface area (TPSA) is 47.6 Å². The number of hydrogen-bond donors (Lipinski definition) is 0. The Morgan fingerprint density at radius 1 is 1.00 bits per heavy atom. The van der Waals surface area contributed by atoms with Crippen molar-refractivity contribution in [1.82, 2.24) is 0 Å². The summed E-state index contributed by atoms with van der Waals surface area (Å²) in [6, 6.07) is 4.17. The Kier molecular flexibility index (Phi) is 3.85. The van der Waals surface area contributed by atoms with E-state index < -0.39 is 15.2 Å². The molecular formula is C10H14Cl2N2. The maximum atomic E-state index is 8.90. The van der Waals surface area contributed by atoms with Gasteiger partial charge >= 0.3 is 0 Å². The third kappa shape index (κ3) is 3.05. The van der Waals surface area contributed by atoms with Crippen LogP contribution in [-0.2, 0) is 0 Å². The Bertz CT molecular complexity index is 292. The first-order valence-electron chi connectivity index (χ1n) is 4.28. The fourth-order valence-corrected chi connectivity index (χ4v) is 1.65. The second kappa shape index (κ2) is 3.97. The summed E-state index contributed by atoms with van der Waals surface area (Å²) in [5.74, 6) is 0. The molecule has 0 fully saturated rings. The van der Waals surface area contributed by atoms with E-state index in [1.165, 1.54) is 0 Å². The molecule has 0 aliphatic carbocycles. The minimum absolute atomic E-state index is 0.264. The molecule has 0 atom stereocenters. The lowest BCUT2D eigenvalue weighted by Gasteiger charge is -2.34. The minimum atomic E-state index is -1.21. The second-order valence-corrected chi connectivity index (χ2v) is 6.10. The summed E-state index contributed by atoms with van der Waals surface area (Å²) < 4.78 is -1.21. The van der Waals surface area contributed by atoms with Crippen molar-refractivity contribution in [2.75, 3.05) is 0 Å². The Morgan fingerprint density at radius 2 is 1.43 bits per heavy atom. The molecule has 0 aromatic carbocycles. The van der Waals surface area contributed by atoms with Gasteiger partial charge in [-0.05, 0) is 34.1 Å². The highest BCUT2D eigenvalue weighted by Gasteiger charge is 2.46. The second-order valence-electron chi connectivity index (χ2n) is 4.61. The molecule has 0 aliphatic heterocycles. The lowest BCUT2D eigenvalue weighted by molar-refractivity contribution is 0.321. The van der Waals surface area contributed by atoms with Crippen molar-refractivity contribution in [3.63, 3.8) is 0 Å². The molecule has 0 saturated carbocycles. The molecule has 0 N–H and O–H groups in total. The van der Waals surface area contributed by atoms with Crippen LogP contribution in [0, 0.1) is 33.5 Å². The van der Waals surface area contributed by atoms with Crippen LogP contribution in [0.3, 0.4) is 0 Å². The molecule has 0 aliphatic rings. The van der Waals surface area contributed by atoms with Crippen molar-refractivity contribution in [3.8, 4) is 12.1 Å². The predicted octanol–water partition coefficient (Wildman–Crippen LogP) is 3.65. The molecule has 0 aromatic rings.